The van der Waals surface area contributed by atoms with E-state index in [2.05, 4.69) is 24.1 Å². The number of rotatable bonds is 4. The Kier molecular flexibility index (Phi) is 5.27. The Bertz CT molecular complexity index is 788. The predicted molar refractivity (Wildman–Crippen MR) is 101 cm³/mol. The first kappa shape index (κ1) is 17.7. The topological polar surface area (TPSA) is 62.3 Å². The van der Waals surface area contributed by atoms with Crippen LogP contribution in [-0.2, 0) is 4.79 Å². The van der Waals surface area contributed by atoms with Crippen LogP contribution in [0.15, 0.2) is 36.5 Å². The number of nitrogens with one attached hydrogen (secondary N) is 1. The summed E-state index contributed by atoms with van der Waals surface area (Å²) in [5, 5.41) is 3.86. The Morgan fingerprint density at radius 3 is 2.80 bits per heavy atom. The lowest BCUT2D eigenvalue weighted by molar-refractivity contribution is -0.125. The normalized spacial score (nSPS) is 18.6. The second-order valence-electron chi connectivity index (χ2n) is 6.71. The molecule has 2 atom stereocenters. The average Bonchev–Trinajstić information content (AvgIpc) is 3.10. The molecule has 3 rings (SSSR count). The maximum absolute atomic E-state index is 13.1. The molecule has 132 valence electrons. The smallest absolute Gasteiger partial charge is 0.255 e. The number of amides is 2. The zero-order valence-corrected chi connectivity index (χ0v) is 15.5. The quantitative estimate of drug-likeness (QED) is 0.914. The number of nitrogens with zero attached hydrogens (tertiary/aromatic N) is 2. The van der Waals surface area contributed by atoms with Crippen LogP contribution in [0.3, 0.4) is 0 Å². The minimum atomic E-state index is -0.425. The summed E-state index contributed by atoms with van der Waals surface area (Å²) in [5.74, 6) is 1.33. The minimum Gasteiger partial charge on any atom is -0.352 e. The highest BCUT2D eigenvalue weighted by Gasteiger charge is 2.36. The van der Waals surface area contributed by atoms with Gasteiger partial charge in [-0.25, -0.2) is 0 Å². The summed E-state index contributed by atoms with van der Waals surface area (Å²) in [7, 11) is 0. The second kappa shape index (κ2) is 7.44. The molecule has 2 amide bonds. The fraction of sp³-hybridized carbons (Fsp3) is 0.421. The van der Waals surface area contributed by atoms with E-state index in [1.807, 2.05) is 31.2 Å². The summed E-state index contributed by atoms with van der Waals surface area (Å²) in [4.78, 5) is 31.7. The monoisotopic (exact) mass is 357 g/mol. The van der Waals surface area contributed by atoms with Crippen molar-refractivity contribution in [1.82, 2.24) is 15.2 Å². The third kappa shape index (κ3) is 3.63. The van der Waals surface area contributed by atoms with Gasteiger partial charge in [-0.05, 0) is 31.0 Å². The van der Waals surface area contributed by atoms with Gasteiger partial charge in [-0.2, -0.15) is 0 Å². The van der Waals surface area contributed by atoms with E-state index in [0.29, 0.717) is 23.1 Å². The summed E-state index contributed by atoms with van der Waals surface area (Å²) in [6, 6.07) is 8.91. The summed E-state index contributed by atoms with van der Waals surface area (Å²) < 4.78 is 0. The standard InChI is InChI=1S/C19H23N3O2S/c1-12(2)13(3)21-18(23)17-10-25-11-22(17)19(24)15-6-4-8-16-14(15)7-5-9-20-16/h4-9,12-13,17H,10-11H2,1-3H3,(H,21,23)/t13-,17+/m1/s1. The molecule has 0 spiro atoms. The highest BCUT2D eigenvalue weighted by molar-refractivity contribution is 7.99. The largest absolute Gasteiger partial charge is 0.352 e. The highest BCUT2D eigenvalue weighted by atomic mass is 32.2. The zero-order chi connectivity index (χ0) is 18.0. The number of carbonyl (C=O) groups is 2. The van der Waals surface area contributed by atoms with Crippen LogP contribution >= 0.6 is 11.8 Å². The molecule has 0 saturated carbocycles. The molecule has 1 aromatic heterocycles. The van der Waals surface area contributed by atoms with Crippen LogP contribution in [0.4, 0.5) is 0 Å². The molecule has 1 aromatic carbocycles. The van der Waals surface area contributed by atoms with Crippen molar-refractivity contribution >= 4 is 34.5 Å². The maximum atomic E-state index is 13.1. The number of carbonyl (C=O) groups excluding carboxylic acids is 2. The Balaban J connectivity index is 1.84. The van der Waals surface area contributed by atoms with Gasteiger partial charge in [-0.15, -0.1) is 11.8 Å². The third-order valence-corrected chi connectivity index (χ3v) is 5.70. The summed E-state index contributed by atoms with van der Waals surface area (Å²) in [6.07, 6.45) is 1.71. The summed E-state index contributed by atoms with van der Waals surface area (Å²) in [5.41, 5.74) is 1.39. The minimum absolute atomic E-state index is 0.0714. The van der Waals surface area contributed by atoms with E-state index in [9.17, 15) is 9.59 Å². The van der Waals surface area contributed by atoms with E-state index in [-0.39, 0.29) is 17.9 Å². The van der Waals surface area contributed by atoms with Crippen LogP contribution in [0.25, 0.3) is 10.9 Å². The van der Waals surface area contributed by atoms with Crippen LogP contribution in [0.5, 0.6) is 0 Å². The lowest BCUT2D eigenvalue weighted by Gasteiger charge is -2.26. The number of fused-ring (bicyclic) bond motifs is 1. The van der Waals surface area contributed by atoms with Gasteiger partial charge in [0.15, 0.2) is 0 Å². The highest BCUT2D eigenvalue weighted by Crippen LogP contribution is 2.26. The van der Waals surface area contributed by atoms with Crippen LogP contribution in [0.2, 0.25) is 0 Å². The van der Waals surface area contributed by atoms with Gasteiger partial charge >= 0.3 is 0 Å². The fourth-order valence-corrected chi connectivity index (χ4v) is 3.95. The number of thioether (sulfide) groups is 1. The maximum Gasteiger partial charge on any atom is 0.255 e. The zero-order valence-electron chi connectivity index (χ0n) is 14.7. The number of pyridine rings is 1. The molecule has 6 heteroatoms. The Morgan fingerprint density at radius 1 is 1.24 bits per heavy atom. The van der Waals surface area contributed by atoms with Crippen LogP contribution in [0, 0.1) is 5.92 Å². The lowest BCUT2D eigenvalue weighted by Crippen LogP contribution is -2.50. The van der Waals surface area contributed by atoms with E-state index in [1.165, 1.54) is 0 Å². The molecule has 1 aliphatic rings. The predicted octanol–water partition coefficient (Wildman–Crippen LogP) is 2.91. The number of hydrogen-bond donors (Lipinski definition) is 1. The molecule has 1 aliphatic heterocycles. The molecule has 25 heavy (non-hydrogen) atoms. The molecular formula is C19H23N3O2S. The fourth-order valence-electron chi connectivity index (χ4n) is 2.79. The first-order valence-corrected chi connectivity index (χ1v) is 9.67. The van der Waals surface area contributed by atoms with E-state index in [1.54, 1.807) is 28.9 Å². The van der Waals surface area contributed by atoms with E-state index in [4.69, 9.17) is 0 Å². The van der Waals surface area contributed by atoms with Gasteiger partial charge in [0.1, 0.15) is 6.04 Å². The van der Waals surface area contributed by atoms with Crippen molar-refractivity contribution in [2.24, 2.45) is 5.92 Å². The first-order chi connectivity index (χ1) is 12.0. The molecule has 5 nitrogen and oxygen atoms in total. The molecule has 1 fully saturated rings. The lowest BCUT2D eigenvalue weighted by atomic mass is 10.1. The molecule has 0 unspecified atom stereocenters. The Morgan fingerprint density at radius 2 is 2.04 bits per heavy atom. The van der Waals surface area contributed by atoms with Gasteiger partial charge < -0.3 is 10.2 Å². The van der Waals surface area contributed by atoms with Gasteiger partial charge in [-0.3, -0.25) is 14.6 Å². The van der Waals surface area contributed by atoms with Crippen LogP contribution < -0.4 is 5.32 Å². The molecular weight excluding hydrogens is 334 g/mol. The third-order valence-electron chi connectivity index (χ3n) is 4.69. The van der Waals surface area contributed by atoms with E-state index >= 15 is 0 Å². The SMILES string of the molecule is CC(C)[C@@H](C)NC(=O)[C@@H]1CSCN1C(=O)c1cccc2ncccc12. The van der Waals surface area contributed by atoms with Crippen molar-refractivity contribution in [1.29, 1.82) is 0 Å². The van der Waals surface area contributed by atoms with Crippen LogP contribution in [-0.4, -0.2) is 45.4 Å². The van der Waals surface area contributed by atoms with Crippen molar-refractivity contribution in [2.75, 3.05) is 11.6 Å². The van der Waals surface area contributed by atoms with E-state index in [0.717, 1.165) is 10.9 Å². The number of aromatic nitrogens is 1. The van der Waals surface area contributed by atoms with Crippen molar-refractivity contribution in [3.05, 3.63) is 42.1 Å². The molecule has 2 aromatic rings. The molecule has 0 bridgehead atoms. The van der Waals surface area contributed by atoms with Gasteiger partial charge in [-0.1, -0.05) is 26.0 Å². The summed E-state index contributed by atoms with van der Waals surface area (Å²) >= 11 is 1.61. The van der Waals surface area contributed by atoms with Gasteiger partial charge in [0.2, 0.25) is 5.91 Å². The molecule has 1 saturated heterocycles. The first-order valence-electron chi connectivity index (χ1n) is 8.52. The molecule has 1 N–H and O–H groups in total. The molecule has 2 heterocycles. The van der Waals surface area contributed by atoms with Crippen molar-refractivity contribution in [2.45, 2.75) is 32.9 Å². The van der Waals surface area contributed by atoms with Crippen molar-refractivity contribution < 1.29 is 9.59 Å². The Hall–Kier alpha value is -2.08. The molecule has 0 aliphatic carbocycles. The number of benzene rings is 1. The number of hydrogen-bond acceptors (Lipinski definition) is 4. The Labute approximate surface area is 152 Å². The summed E-state index contributed by atoms with van der Waals surface area (Å²) in [6.45, 7) is 6.13. The average molecular weight is 357 g/mol. The van der Waals surface area contributed by atoms with Crippen molar-refractivity contribution in [3.63, 3.8) is 0 Å². The van der Waals surface area contributed by atoms with Gasteiger partial charge in [0.05, 0.1) is 11.4 Å². The van der Waals surface area contributed by atoms with E-state index < -0.39 is 6.04 Å². The second-order valence-corrected chi connectivity index (χ2v) is 7.71. The van der Waals surface area contributed by atoms with Crippen molar-refractivity contribution in [3.8, 4) is 0 Å². The van der Waals surface area contributed by atoms with Gasteiger partial charge in [0.25, 0.3) is 5.91 Å². The van der Waals surface area contributed by atoms with Gasteiger partial charge in [0, 0.05) is 28.9 Å². The molecule has 0 radical (unpaired) electrons. The van der Waals surface area contributed by atoms with Crippen LogP contribution in [0.1, 0.15) is 31.1 Å².